The van der Waals surface area contributed by atoms with Crippen LogP contribution >= 0.6 is 11.3 Å². The van der Waals surface area contributed by atoms with Gasteiger partial charge < -0.3 is 11.1 Å². The van der Waals surface area contributed by atoms with Gasteiger partial charge in [0.05, 0.1) is 5.01 Å². The smallest absolute Gasteiger partial charge is 0.271 e. The average Bonchev–Trinajstić information content (AvgIpc) is 2.83. The number of carbonyl (C=O) groups is 1. The number of nitrogens with two attached hydrogens (primary N) is 1. The molecule has 0 atom stereocenters. The third kappa shape index (κ3) is 3.22. The van der Waals surface area contributed by atoms with Crippen LogP contribution in [0.5, 0.6) is 0 Å². The van der Waals surface area contributed by atoms with E-state index in [1.807, 2.05) is 5.38 Å². The molecule has 3 N–H and O–H groups in total. The highest BCUT2D eigenvalue weighted by atomic mass is 32.1. The molecular formula is C10H11N5OS. The Morgan fingerprint density at radius 2 is 2.29 bits per heavy atom. The van der Waals surface area contributed by atoms with Gasteiger partial charge in [-0.2, -0.15) is 0 Å². The molecule has 0 saturated heterocycles. The molecule has 0 aromatic carbocycles. The van der Waals surface area contributed by atoms with Crippen molar-refractivity contribution in [2.75, 3.05) is 12.3 Å². The maximum absolute atomic E-state index is 11.6. The highest BCUT2D eigenvalue weighted by Crippen LogP contribution is 2.03. The Labute approximate surface area is 102 Å². The normalized spacial score (nSPS) is 10.1. The van der Waals surface area contributed by atoms with Crippen LogP contribution in [0.15, 0.2) is 23.7 Å². The standard InChI is InChI=1S/C10H11N5OS/c11-8-2-1-7(14-15-8)10(16)13-4-3-9-12-5-6-17-9/h1-2,5-6H,3-4H2,(H2,11,15)(H,13,16). The van der Waals surface area contributed by atoms with E-state index < -0.39 is 0 Å². The molecule has 88 valence electrons. The molecule has 2 aromatic rings. The van der Waals surface area contributed by atoms with E-state index in [9.17, 15) is 4.79 Å². The van der Waals surface area contributed by atoms with Gasteiger partial charge in [0.2, 0.25) is 0 Å². The summed E-state index contributed by atoms with van der Waals surface area (Å²) in [5.41, 5.74) is 5.64. The molecule has 17 heavy (non-hydrogen) atoms. The molecule has 0 saturated carbocycles. The number of anilines is 1. The van der Waals surface area contributed by atoms with Crippen molar-refractivity contribution in [3.63, 3.8) is 0 Å². The number of amides is 1. The van der Waals surface area contributed by atoms with E-state index in [0.717, 1.165) is 5.01 Å². The lowest BCUT2D eigenvalue weighted by Gasteiger charge is -2.02. The molecule has 0 fully saturated rings. The summed E-state index contributed by atoms with van der Waals surface area (Å²) in [4.78, 5) is 15.7. The fraction of sp³-hybridized carbons (Fsp3) is 0.200. The lowest BCUT2D eigenvalue weighted by Crippen LogP contribution is -2.26. The molecular weight excluding hydrogens is 238 g/mol. The van der Waals surface area contributed by atoms with Crippen LogP contribution < -0.4 is 11.1 Å². The zero-order valence-corrected chi connectivity index (χ0v) is 9.78. The monoisotopic (exact) mass is 249 g/mol. The summed E-state index contributed by atoms with van der Waals surface area (Å²) >= 11 is 1.57. The Balaban J connectivity index is 1.83. The number of nitrogens with zero attached hydrogens (tertiary/aromatic N) is 3. The summed E-state index contributed by atoms with van der Waals surface area (Å²) in [6.45, 7) is 0.526. The third-order valence-electron chi connectivity index (χ3n) is 2.03. The summed E-state index contributed by atoms with van der Waals surface area (Å²) < 4.78 is 0. The van der Waals surface area contributed by atoms with Crippen molar-refractivity contribution in [2.24, 2.45) is 0 Å². The van der Waals surface area contributed by atoms with Crippen LogP contribution in [0.25, 0.3) is 0 Å². The van der Waals surface area contributed by atoms with Crippen molar-refractivity contribution in [1.82, 2.24) is 20.5 Å². The molecule has 0 radical (unpaired) electrons. The molecule has 0 unspecified atom stereocenters. The highest BCUT2D eigenvalue weighted by Gasteiger charge is 2.07. The maximum Gasteiger partial charge on any atom is 0.271 e. The summed E-state index contributed by atoms with van der Waals surface area (Å²) in [5.74, 6) is 0.0402. The van der Waals surface area contributed by atoms with E-state index in [4.69, 9.17) is 5.73 Å². The van der Waals surface area contributed by atoms with Crippen LogP contribution in [0.4, 0.5) is 5.82 Å². The number of thiazole rings is 1. The Bertz CT molecular complexity index is 482. The lowest BCUT2D eigenvalue weighted by molar-refractivity contribution is 0.0948. The van der Waals surface area contributed by atoms with Crippen molar-refractivity contribution in [3.05, 3.63) is 34.4 Å². The first kappa shape index (κ1) is 11.5. The number of nitrogen functional groups attached to an aromatic ring is 1. The van der Waals surface area contributed by atoms with Gasteiger partial charge in [-0.05, 0) is 12.1 Å². The minimum Gasteiger partial charge on any atom is -0.382 e. The zero-order valence-electron chi connectivity index (χ0n) is 8.96. The van der Waals surface area contributed by atoms with Gasteiger partial charge in [0.1, 0.15) is 5.82 Å². The van der Waals surface area contributed by atoms with Gasteiger partial charge in [0.25, 0.3) is 5.91 Å². The molecule has 2 heterocycles. The Hall–Kier alpha value is -2.02. The van der Waals surface area contributed by atoms with Gasteiger partial charge in [0, 0.05) is 24.5 Å². The molecule has 6 nitrogen and oxygen atoms in total. The average molecular weight is 249 g/mol. The highest BCUT2D eigenvalue weighted by molar-refractivity contribution is 7.09. The van der Waals surface area contributed by atoms with E-state index in [0.29, 0.717) is 18.8 Å². The second kappa shape index (κ2) is 5.35. The first-order chi connectivity index (χ1) is 8.25. The summed E-state index contributed by atoms with van der Waals surface area (Å²) in [7, 11) is 0. The van der Waals surface area contributed by atoms with E-state index >= 15 is 0 Å². The van der Waals surface area contributed by atoms with Gasteiger partial charge in [-0.25, -0.2) is 4.98 Å². The number of nitrogens with one attached hydrogen (secondary N) is 1. The van der Waals surface area contributed by atoms with E-state index in [-0.39, 0.29) is 11.6 Å². The number of aromatic nitrogens is 3. The number of hydrogen-bond donors (Lipinski definition) is 2. The molecule has 7 heteroatoms. The molecule has 0 aliphatic rings. The van der Waals surface area contributed by atoms with Crippen LogP contribution in [0.2, 0.25) is 0 Å². The summed E-state index contributed by atoms with van der Waals surface area (Å²) in [6.07, 6.45) is 2.46. The number of rotatable bonds is 4. The first-order valence-corrected chi connectivity index (χ1v) is 5.89. The largest absolute Gasteiger partial charge is 0.382 e. The van der Waals surface area contributed by atoms with Gasteiger partial charge >= 0.3 is 0 Å². The second-order valence-corrected chi connectivity index (χ2v) is 4.25. The summed E-state index contributed by atoms with van der Waals surface area (Å²) in [5, 5.41) is 12.9. The van der Waals surface area contributed by atoms with E-state index in [1.165, 1.54) is 0 Å². The van der Waals surface area contributed by atoms with Gasteiger partial charge in [-0.1, -0.05) is 0 Å². The van der Waals surface area contributed by atoms with Gasteiger partial charge in [-0.15, -0.1) is 21.5 Å². The molecule has 0 aliphatic heterocycles. The molecule has 0 aliphatic carbocycles. The van der Waals surface area contributed by atoms with Crippen LogP contribution in [0.1, 0.15) is 15.5 Å². The van der Waals surface area contributed by atoms with Crippen LogP contribution in [0, 0.1) is 0 Å². The Morgan fingerprint density at radius 1 is 1.41 bits per heavy atom. The minimum atomic E-state index is -0.256. The van der Waals surface area contributed by atoms with Gasteiger partial charge in [-0.3, -0.25) is 4.79 Å². The predicted molar refractivity (Wildman–Crippen MR) is 64.6 cm³/mol. The van der Waals surface area contributed by atoms with Crippen molar-refractivity contribution in [3.8, 4) is 0 Å². The quantitative estimate of drug-likeness (QED) is 0.822. The molecule has 0 spiro atoms. The second-order valence-electron chi connectivity index (χ2n) is 3.28. The van der Waals surface area contributed by atoms with Crippen molar-refractivity contribution < 1.29 is 4.79 Å². The predicted octanol–water partition coefficient (Wildman–Crippen LogP) is 0.488. The fourth-order valence-corrected chi connectivity index (χ4v) is 1.83. The van der Waals surface area contributed by atoms with Crippen molar-refractivity contribution >= 4 is 23.1 Å². The van der Waals surface area contributed by atoms with Crippen LogP contribution in [-0.4, -0.2) is 27.6 Å². The molecule has 2 aromatic heterocycles. The maximum atomic E-state index is 11.6. The van der Waals surface area contributed by atoms with E-state index in [2.05, 4.69) is 20.5 Å². The topological polar surface area (TPSA) is 93.8 Å². The SMILES string of the molecule is Nc1ccc(C(=O)NCCc2nccs2)nn1. The molecule has 0 bridgehead atoms. The third-order valence-corrected chi connectivity index (χ3v) is 2.87. The van der Waals surface area contributed by atoms with E-state index in [1.54, 1.807) is 29.7 Å². The number of hydrogen-bond acceptors (Lipinski definition) is 6. The zero-order chi connectivity index (χ0) is 12.1. The lowest BCUT2D eigenvalue weighted by atomic mass is 10.3. The van der Waals surface area contributed by atoms with Crippen molar-refractivity contribution in [1.29, 1.82) is 0 Å². The number of carbonyl (C=O) groups excluding carboxylic acids is 1. The van der Waals surface area contributed by atoms with Crippen LogP contribution in [0.3, 0.4) is 0 Å². The molecule has 2 rings (SSSR count). The van der Waals surface area contributed by atoms with Gasteiger partial charge in [0.15, 0.2) is 5.69 Å². The Morgan fingerprint density at radius 3 is 2.94 bits per heavy atom. The van der Waals surface area contributed by atoms with Crippen molar-refractivity contribution in [2.45, 2.75) is 6.42 Å². The first-order valence-electron chi connectivity index (χ1n) is 5.01. The Kier molecular flexibility index (Phi) is 3.61. The fourth-order valence-electron chi connectivity index (χ4n) is 1.21. The minimum absolute atomic E-state index is 0.256. The van der Waals surface area contributed by atoms with Crippen LogP contribution in [-0.2, 0) is 6.42 Å². The molecule has 1 amide bonds. The summed E-state index contributed by atoms with van der Waals surface area (Å²) in [6, 6.07) is 3.09.